The minimum absolute atomic E-state index is 0.541. The fraction of sp³-hybridized carbons (Fsp3) is 0.643. The topological polar surface area (TPSA) is 34.1 Å². The first-order valence-electron chi connectivity index (χ1n) is 6.68. The molecule has 17 heavy (non-hydrogen) atoms. The minimum Gasteiger partial charge on any atom is -0.490 e. The summed E-state index contributed by atoms with van der Waals surface area (Å²) in [5.74, 6) is 0.910. The van der Waals surface area contributed by atoms with Gasteiger partial charge in [0.05, 0.1) is 6.20 Å². The Balaban J connectivity index is 1.78. The average molecular weight is 234 g/mol. The van der Waals surface area contributed by atoms with Crippen LogP contribution in [0.4, 0.5) is 0 Å². The SMILES string of the molecule is CCCCCc1cncc(OC[C@@H]2CCN2)c1. The minimum atomic E-state index is 0.541. The molecule has 0 aromatic carbocycles. The third-order valence-corrected chi connectivity index (χ3v) is 3.22. The van der Waals surface area contributed by atoms with Crippen LogP contribution < -0.4 is 10.1 Å². The fourth-order valence-corrected chi connectivity index (χ4v) is 1.95. The summed E-state index contributed by atoms with van der Waals surface area (Å²) >= 11 is 0. The summed E-state index contributed by atoms with van der Waals surface area (Å²) in [5.41, 5.74) is 1.29. The van der Waals surface area contributed by atoms with Gasteiger partial charge in [0.1, 0.15) is 12.4 Å². The molecule has 1 aromatic heterocycles. The van der Waals surface area contributed by atoms with Crippen molar-refractivity contribution in [1.29, 1.82) is 0 Å². The van der Waals surface area contributed by atoms with Crippen molar-refractivity contribution in [3.63, 3.8) is 0 Å². The standard InChI is InChI=1S/C14H22N2O/c1-2-3-4-5-12-8-14(10-15-9-12)17-11-13-6-7-16-13/h8-10,13,16H,2-7,11H2,1H3/t13-/m0/s1. The first kappa shape index (κ1) is 12.4. The summed E-state index contributed by atoms with van der Waals surface area (Å²) in [6.45, 7) is 4.12. The number of ether oxygens (including phenoxy) is 1. The highest BCUT2D eigenvalue weighted by molar-refractivity contribution is 5.23. The summed E-state index contributed by atoms with van der Waals surface area (Å²) < 4.78 is 5.73. The Bertz CT molecular complexity index is 337. The number of nitrogens with one attached hydrogen (secondary N) is 1. The summed E-state index contributed by atoms with van der Waals surface area (Å²) in [7, 11) is 0. The molecule has 2 heterocycles. The van der Waals surface area contributed by atoms with Crippen LogP contribution in [0.5, 0.6) is 5.75 Å². The van der Waals surface area contributed by atoms with Crippen LogP contribution in [0.2, 0.25) is 0 Å². The second-order valence-corrected chi connectivity index (χ2v) is 4.74. The van der Waals surface area contributed by atoms with Gasteiger partial charge in [-0.05, 0) is 37.4 Å². The monoisotopic (exact) mass is 234 g/mol. The van der Waals surface area contributed by atoms with E-state index in [1.807, 2.05) is 12.4 Å². The lowest BCUT2D eigenvalue weighted by Gasteiger charge is -2.27. The molecule has 0 aliphatic carbocycles. The van der Waals surface area contributed by atoms with E-state index in [2.05, 4.69) is 23.3 Å². The molecule has 0 radical (unpaired) electrons. The molecule has 1 aliphatic rings. The highest BCUT2D eigenvalue weighted by atomic mass is 16.5. The van der Waals surface area contributed by atoms with Gasteiger partial charge >= 0.3 is 0 Å². The van der Waals surface area contributed by atoms with Gasteiger partial charge in [-0.25, -0.2) is 0 Å². The van der Waals surface area contributed by atoms with Crippen molar-refractivity contribution in [1.82, 2.24) is 10.3 Å². The van der Waals surface area contributed by atoms with Gasteiger partial charge in [-0.2, -0.15) is 0 Å². The average Bonchev–Trinajstić information content (AvgIpc) is 2.28. The third-order valence-electron chi connectivity index (χ3n) is 3.22. The maximum atomic E-state index is 5.73. The lowest BCUT2D eigenvalue weighted by atomic mass is 10.1. The van der Waals surface area contributed by atoms with E-state index in [-0.39, 0.29) is 0 Å². The number of hydrogen-bond acceptors (Lipinski definition) is 3. The molecular weight excluding hydrogens is 212 g/mol. The second-order valence-electron chi connectivity index (χ2n) is 4.74. The highest BCUT2D eigenvalue weighted by Crippen LogP contribution is 2.15. The number of unbranched alkanes of at least 4 members (excludes halogenated alkanes) is 2. The van der Waals surface area contributed by atoms with Gasteiger partial charge in [0.2, 0.25) is 0 Å². The molecule has 0 amide bonds. The van der Waals surface area contributed by atoms with Crippen LogP contribution in [0.3, 0.4) is 0 Å². The van der Waals surface area contributed by atoms with Crippen molar-refractivity contribution in [2.45, 2.75) is 45.1 Å². The van der Waals surface area contributed by atoms with Crippen LogP contribution in [0, 0.1) is 0 Å². The molecule has 1 fully saturated rings. The number of hydrogen-bond donors (Lipinski definition) is 1. The zero-order valence-corrected chi connectivity index (χ0v) is 10.6. The molecule has 1 aromatic rings. The zero-order chi connectivity index (χ0) is 11.9. The molecule has 94 valence electrons. The lowest BCUT2D eigenvalue weighted by molar-refractivity contribution is 0.217. The normalized spacial score (nSPS) is 18.8. The molecule has 1 aliphatic heterocycles. The Labute approximate surface area is 104 Å². The fourth-order valence-electron chi connectivity index (χ4n) is 1.95. The number of pyridine rings is 1. The number of aromatic nitrogens is 1. The molecule has 0 saturated carbocycles. The van der Waals surface area contributed by atoms with Crippen molar-refractivity contribution in [2.24, 2.45) is 0 Å². The van der Waals surface area contributed by atoms with E-state index >= 15 is 0 Å². The number of aryl methyl sites for hydroxylation is 1. The quantitative estimate of drug-likeness (QED) is 0.736. The largest absolute Gasteiger partial charge is 0.490 e. The van der Waals surface area contributed by atoms with Gasteiger partial charge in [0.25, 0.3) is 0 Å². The summed E-state index contributed by atoms with van der Waals surface area (Å²) in [6, 6.07) is 2.67. The third kappa shape index (κ3) is 4.00. The maximum Gasteiger partial charge on any atom is 0.137 e. The first-order valence-corrected chi connectivity index (χ1v) is 6.68. The molecule has 3 nitrogen and oxygen atoms in total. The van der Waals surface area contributed by atoms with Crippen molar-refractivity contribution in [3.05, 3.63) is 24.0 Å². The molecule has 0 bridgehead atoms. The molecule has 1 N–H and O–H groups in total. The van der Waals surface area contributed by atoms with Crippen molar-refractivity contribution in [3.8, 4) is 5.75 Å². The summed E-state index contributed by atoms with van der Waals surface area (Å²) in [5, 5.41) is 3.33. The van der Waals surface area contributed by atoms with Crippen LogP contribution in [0.15, 0.2) is 18.5 Å². The second kappa shape index (κ2) is 6.60. The predicted molar refractivity (Wildman–Crippen MR) is 69.4 cm³/mol. The van der Waals surface area contributed by atoms with Gasteiger partial charge < -0.3 is 10.1 Å². The molecule has 1 atom stereocenters. The zero-order valence-electron chi connectivity index (χ0n) is 10.6. The number of rotatable bonds is 7. The molecule has 3 heteroatoms. The summed E-state index contributed by atoms with van der Waals surface area (Å²) in [4.78, 5) is 4.24. The van der Waals surface area contributed by atoms with Gasteiger partial charge in [0.15, 0.2) is 0 Å². The Morgan fingerprint density at radius 3 is 3.00 bits per heavy atom. The smallest absolute Gasteiger partial charge is 0.137 e. The van der Waals surface area contributed by atoms with Crippen LogP contribution in [0.25, 0.3) is 0 Å². The van der Waals surface area contributed by atoms with Crippen LogP contribution in [-0.4, -0.2) is 24.2 Å². The molecule has 0 spiro atoms. The Morgan fingerprint density at radius 1 is 1.41 bits per heavy atom. The van der Waals surface area contributed by atoms with E-state index in [1.54, 1.807) is 0 Å². The van der Waals surface area contributed by atoms with E-state index in [0.29, 0.717) is 6.04 Å². The van der Waals surface area contributed by atoms with Crippen LogP contribution >= 0.6 is 0 Å². The molecule has 1 saturated heterocycles. The van der Waals surface area contributed by atoms with Gasteiger partial charge in [0, 0.05) is 12.2 Å². The summed E-state index contributed by atoms with van der Waals surface area (Å²) in [6.07, 6.45) is 9.88. The van der Waals surface area contributed by atoms with E-state index in [1.165, 1.54) is 31.2 Å². The van der Waals surface area contributed by atoms with Crippen molar-refractivity contribution >= 4 is 0 Å². The van der Waals surface area contributed by atoms with Crippen LogP contribution in [0.1, 0.15) is 38.2 Å². The molecular formula is C14H22N2O. The van der Waals surface area contributed by atoms with Gasteiger partial charge in [-0.15, -0.1) is 0 Å². The van der Waals surface area contributed by atoms with E-state index in [9.17, 15) is 0 Å². The highest BCUT2D eigenvalue weighted by Gasteiger charge is 2.16. The van der Waals surface area contributed by atoms with Crippen molar-refractivity contribution in [2.75, 3.05) is 13.2 Å². The first-order chi connectivity index (χ1) is 8.38. The van der Waals surface area contributed by atoms with Crippen molar-refractivity contribution < 1.29 is 4.74 Å². The molecule has 0 unspecified atom stereocenters. The van der Waals surface area contributed by atoms with E-state index < -0.39 is 0 Å². The Kier molecular flexibility index (Phi) is 4.80. The van der Waals surface area contributed by atoms with Crippen LogP contribution in [-0.2, 0) is 6.42 Å². The molecule has 2 rings (SSSR count). The lowest BCUT2D eigenvalue weighted by Crippen LogP contribution is -2.46. The number of nitrogens with zero attached hydrogens (tertiary/aromatic N) is 1. The predicted octanol–water partition coefficient (Wildman–Crippen LogP) is 2.56. The Hall–Kier alpha value is -1.09. The van der Waals surface area contributed by atoms with Gasteiger partial charge in [-0.3, -0.25) is 4.98 Å². The Morgan fingerprint density at radius 2 is 2.29 bits per heavy atom. The maximum absolute atomic E-state index is 5.73. The van der Waals surface area contributed by atoms with Gasteiger partial charge in [-0.1, -0.05) is 19.8 Å². The van der Waals surface area contributed by atoms with E-state index in [4.69, 9.17) is 4.74 Å². The van der Waals surface area contributed by atoms with E-state index in [0.717, 1.165) is 25.3 Å².